The summed E-state index contributed by atoms with van der Waals surface area (Å²) in [6.07, 6.45) is 3.80. The Balaban J connectivity index is 1.36. The molecule has 3 heterocycles. The Morgan fingerprint density at radius 2 is 1.86 bits per heavy atom. The van der Waals surface area contributed by atoms with E-state index in [1.807, 2.05) is 24.5 Å². The molecule has 0 aliphatic carbocycles. The van der Waals surface area contributed by atoms with E-state index < -0.39 is 0 Å². The zero-order valence-corrected chi connectivity index (χ0v) is 15.8. The molecular formula is C20H23N7O. The summed E-state index contributed by atoms with van der Waals surface area (Å²) in [5.74, 6) is 1.53. The molecule has 1 aromatic carbocycles. The van der Waals surface area contributed by atoms with E-state index in [4.69, 9.17) is 5.73 Å². The Hall–Kier alpha value is -3.26. The minimum Gasteiger partial charge on any atom is -0.369 e. The molecule has 1 aliphatic heterocycles. The number of anilines is 2. The average Bonchev–Trinajstić information content (AvgIpc) is 2.68. The minimum atomic E-state index is -0.226. The average molecular weight is 377 g/mol. The van der Waals surface area contributed by atoms with Gasteiger partial charge in [0.1, 0.15) is 5.82 Å². The number of nitrogens with two attached hydrogens (primary N) is 1. The summed E-state index contributed by atoms with van der Waals surface area (Å²) >= 11 is 0. The third-order valence-corrected chi connectivity index (χ3v) is 4.83. The molecule has 0 unspecified atom stereocenters. The highest BCUT2D eigenvalue weighted by Gasteiger charge is 2.19. The van der Waals surface area contributed by atoms with Gasteiger partial charge in [0.2, 0.25) is 5.95 Å². The van der Waals surface area contributed by atoms with Crippen molar-refractivity contribution in [3.63, 3.8) is 0 Å². The molecular weight excluding hydrogens is 354 g/mol. The van der Waals surface area contributed by atoms with E-state index in [1.54, 1.807) is 0 Å². The first-order valence-electron chi connectivity index (χ1n) is 9.29. The molecule has 144 valence electrons. The monoisotopic (exact) mass is 377 g/mol. The summed E-state index contributed by atoms with van der Waals surface area (Å²) in [5.41, 5.74) is 8.73. The Morgan fingerprint density at radius 1 is 1.11 bits per heavy atom. The molecule has 0 spiro atoms. The van der Waals surface area contributed by atoms with Crippen molar-refractivity contribution in [2.45, 2.75) is 13.5 Å². The minimum absolute atomic E-state index is 0.149. The van der Waals surface area contributed by atoms with Gasteiger partial charge in [-0.2, -0.15) is 4.98 Å². The van der Waals surface area contributed by atoms with Crippen LogP contribution >= 0.6 is 0 Å². The smallest absolute Gasteiger partial charge is 0.254 e. The largest absolute Gasteiger partial charge is 0.369 e. The van der Waals surface area contributed by atoms with Gasteiger partial charge in [-0.15, -0.1) is 0 Å². The molecule has 0 saturated carbocycles. The second-order valence-corrected chi connectivity index (χ2v) is 7.04. The Morgan fingerprint density at radius 3 is 2.54 bits per heavy atom. The van der Waals surface area contributed by atoms with Gasteiger partial charge in [0.15, 0.2) is 5.82 Å². The van der Waals surface area contributed by atoms with Gasteiger partial charge in [-0.05, 0) is 13.0 Å². The van der Waals surface area contributed by atoms with E-state index in [-0.39, 0.29) is 11.5 Å². The highest BCUT2D eigenvalue weighted by Crippen LogP contribution is 2.17. The number of hydrogen-bond donors (Lipinski definition) is 2. The number of aromatic amines is 1. The predicted octanol–water partition coefficient (Wildman–Crippen LogP) is 1.44. The second-order valence-electron chi connectivity index (χ2n) is 7.04. The van der Waals surface area contributed by atoms with Crippen LogP contribution in [-0.4, -0.2) is 51.0 Å². The quantitative estimate of drug-likeness (QED) is 0.709. The predicted molar refractivity (Wildman–Crippen MR) is 109 cm³/mol. The number of aryl methyl sites for hydroxylation is 1. The summed E-state index contributed by atoms with van der Waals surface area (Å²) in [7, 11) is 0. The third kappa shape index (κ3) is 4.17. The van der Waals surface area contributed by atoms with Gasteiger partial charge in [-0.3, -0.25) is 14.7 Å². The number of nitrogens with one attached hydrogen (secondary N) is 1. The fourth-order valence-electron chi connectivity index (χ4n) is 3.39. The number of nitrogen functional groups attached to an aromatic ring is 1. The lowest BCUT2D eigenvalue weighted by atomic mass is 10.1. The zero-order chi connectivity index (χ0) is 19.5. The third-order valence-electron chi connectivity index (χ3n) is 4.83. The lowest BCUT2D eigenvalue weighted by Crippen LogP contribution is -2.46. The number of aromatic nitrogens is 4. The normalized spacial score (nSPS) is 15.0. The zero-order valence-electron chi connectivity index (χ0n) is 15.8. The molecule has 4 rings (SSSR count). The van der Waals surface area contributed by atoms with Gasteiger partial charge < -0.3 is 10.6 Å². The molecule has 1 aliphatic rings. The van der Waals surface area contributed by atoms with Crippen molar-refractivity contribution in [3.8, 4) is 11.4 Å². The van der Waals surface area contributed by atoms with E-state index in [1.165, 1.54) is 11.6 Å². The molecule has 0 radical (unpaired) electrons. The van der Waals surface area contributed by atoms with Gasteiger partial charge in [-0.25, -0.2) is 9.97 Å². The van der Waals surface area contributed by atoms with E-state index in [0.717, 1.165) is 49.7 Å². The van der Waals surface area contributed by atoms with Crippen LogP contribution < -0.4 is 16.2 Å². The molecule has 8 nitrogen and oxygen atoms in total. The van der Waals surface area contributed by atoms with Crippen molar-refractivity contribution >= 4 is 11.8 Å². The van der Waals surface area contributed by atoms with Crippen molar-refractivity contribution in [1.29, 1.82) is 0 Å². The second kappa shape index (κ2) is 7.77. The first-order valence-corrected chi connectivity index (χ1v) is 9.29. The van der Waals surface area contributed by atoms with Crippen molar-refractivity contribution in [2.75, 3.05) is 36.8 Å². The van der Waals surface area contributed by atoms with E-state index in [9.17, 15) is 4.79 Å². The van der Waals surface area contributed by atoms with Crippen LogP contribution in [-0.2, 0) is 6.54 Å². The Bertz CT molecular complexity index is 1010. The number of piperazine rings is 1. The summed E-state index contributed by atoms with van der Waals surface area (Å²) < 4.78 is 0. The van der Waals surface area contributed by atoms with Gasteiger partial charge in [0.25, 0.3) is 5.56 Å². The van der Waals surface area contributed by atoms with E-state index in [0.29, 0.717) is 5.82 Å². The molecule has 1 fully saturated rings. The maximum atomic E-state index is 11.6. The lowest BCUT2D eigenvalue weighted by Gasteiger charge is -2.35. The van der Waals surface area contributed by atoms with Crippen molar-refractivity contribution in [2.24, 2.45) is 0 Å². The van der Waals surface area contributed by atoms with Gasteiger partial charge in [0, 0.05) is 62.3 Å². The first-order chi connectivity index (χ1) is 13.6. The van der Waals surface area contributed by atoms with Crippen molar-refractivity contribution in [1.82, 2.24) is 24.8 Å². The summed E-state index contributed by atoms with van der Waals surface area (Å²) in [6, 6.07) is 9.68. The number of benzene rings is 1. The van der Waals surface area contributed by atoms with Gasteiger partial charge in [0.05, 0.1) is 0 Å². The van der Waals surface area contributed by atoms with Crippen LogP contribution in [0.1, 0.15) is 11.1 Å². The molecule has 2 aromatic heterocycles. The number of H-pyrrole nitrogens is 1. The van der Waals surface area contributed by atoms with Crippen LogP contribution in [0.5, 0.6) is 0 Å². The van der Waals surface area contributed by atoms with Crippen LogP contribution in [0.4, 0.5) is 11.8 Å². The molecule has 3 aromatic rings. The van der Waals surface area contributed by atoms with Gasteiger partial charge in [-0.1, -0.05) is 23.8 Å². The van der Waals surface area contributed by atoms with Crippen LogP contribution in [0.25, 0.3) is 11.4 Å². The summed E-state index contributed by atoms with van der Waals surface area (Å²) in [6.45, 7) is 6.18. The molecule has 1 saturated heterocycles. The highest BCUT2D eigenvalue weighted by molar-refractivity contribution is 5.55. The van der Waals surface area contributed by atoms with Gasteiger partial charge >= 0.3 is 0 Å². The Kier molecular flexibility index (Phi) is 5.03. The highest BCUT2D eigenvalue weighted by atomic mass is 16.1. The topological polar surface area (TPSA) is 104 Å². The van der Waals surface area contributed by atoms with Crippen LogP contribution in [0.2, 0.25) is 0 Å². The summed E-state index contributed by atoms with van der Waals surface area (Å²) in [4.78, 5) is 31.8. The van der Waals surface area contributed by atoms with Crippen LogP contribution in [0.3, 0.4) is 0 Å². The maximum absolute atomic E-state index is 11.6. The fraction of sp³-hybridized carbons (Fsp3) is 0.300. The molecule has 3 N–H and O–H groups in total. The first kappa shape index (κ1) is 18.1. The molecule has 0 atom stereocenters. The van der Waals surface area contributed by atoms with E-state index >= 15 is 0 Å². The molecule has 8 heteroatoms. The van der Waals surface area contributed by atoms with Crippen LogP contribution in [0.15, 0.2) is 47.5 Å². The fourth-order valence-corrected chi connectivity index (χ4v) is 3.39. The number of rotatable bonds is 4. The SMILES string of the molecule is Cc1cccc(-c2ncc(CN3CCN(c4cc(=O)[nH]c(N)n4)CC3)cn2)c1. The lowest BCUT2D eigenvalue weighted by molar-refractivity contribution is 0.249. The number of nitrogens with zero attached hydrogens (tertiary/aromatic N) is 5. The number of hydrogen-bond acceptors (Lipinski definition) is 7. The Labute approximate surface area is 163 Å². The van der Waals surface area contributed by atoms with Crippen LogP contribution in [0, 0.1) is 6.92 Å². The molecule has 28 heavy (non-hydrogen) atoms. The van der Waals surface area contributed by atoms with E-state index in [2.05, 4.69) is 48.8 Å². The van der Waals surface area contributed by atoms with Crippen molar-refractivity contribution < 1.29 is 0 Å². The molecule has 0 amide bonds. The molecule has 0 bridgehead atoms. The standard InChI is InChI=1S/C20H23N7O/c1-14-3-2-4-16(9-14)19-22-11-15(12-23-19)13-26-5-7-27(8-6-26)17-10-18(28)25-20(21)24-17/h2-4,9-12H,5-8,13H2,1H3,(H3,21,24,25,28). The maximum Gasteiger partial charge on any atom is 0.254 e. The van der Waals surface area contributed by atoms with Crippen molar-refractivity contribution in [3.05, 3.63) is 64.2 Å². The summed E-state index contributed by atoms with van der Waals surface area (Å²) in [5, 5.41) is 0.